The number of hydrogen-bond acceptors (Lipinski definition) is 6. The third-order valence-corrected chi connectivity index (χ3v) is 11.9. The molecule has 0 spiro atoms. The Hall–Kier alpha value is -2.26. The molecule has 0 saturated heterocycles. The summed E-state index contributed by atoms with van der Waals surface area (Å²) < 4.78 is 14.9. The van der Waals surface area contributed by atoms with Crippen molar-refractivity contribution in [2.45, 2.75) is 90.9 Å². The van der Waals surface area contributed by atoms with Gasteiger partial charge in [-0.25, -0.2) is 0 Å². The zero-order valence-corrected chi connectivity index (χ0v) is 31.5. The van der Waals surface area contributed by atoms with Crippen molar-refractivity contribution >= 4 is 66.1 Å². The van der Waals surface area contributed by atoms with Gasteiger partial charge in [0, 0.05) is 51.7 Å². The van der Waals surface area contributed by atoms with Crippen molar-refractivity contribution in [3.63, 3.8) is 0 Å². The number of fused-ring (bicyclic) bond motifs is 2. The van der Waals surface area contributed by atoms with E-state index < -0.39 is 0 Å². The summed E-state index contributed by atoms with van der Waals surface area (Å²) >= 11 is 10.3. The van der Waals surface area contributed by atoms with E-state index in [0.29, 0.717) is 47.0 Å². The van der Waals surface area contributed by atoms with Crippen molar-refractivity contribution in [2.75, 3.05) is 13.2 Å². The van der Waals surface area contributed by atoms with Gasteiger partial charge in [0.2, 0.25) is 0 Å². The summed E-state index contributed by atoms with van der Waals surface area (Å²) in [7, 11) is 0. The number of hydrogen-bond donors (Lipinski definition) is 0. The van der Waals surface area contributed by atoms with Crippen LogP contribution in [0.15, 0.2) is 56.1 Å². The molecule has 0 saturated carbocycles. The van der Waals surface area contributed by atoms with Crippen LogP contribution in [-0.2, 0) is 0 Å². The quantitative estimate of drug-likeness (QED) is 0.0830. The lowest BCUT2D eigenvalue weighted by atomic mass is 9.81. The first-order valence-corrected chi connectivity index (χ1v) is 20.0. The first-order valence-electron chi connectivity index (χ1n) is 16.6. The number of ketones is 2. The maximum atomic E-state index is 14.5. The van der Waals surface area contributed by atoms with Gasteiger partial charge < -0.3 is 9.47 Å². The molecule has 46 heavy (non-hydrogen) atoms. The van der Waals surface area contributed by atoms with Crippen LogP contribution in [0.1, 0.15) is 123 Å². The van der Waals surface area contributed by atoms with Crippen LogP contribution in [-0.4, -0.2) is 24.8 Å². The molecule has 0 atom stereocenters. The predicted octanol–water partition coefficient (Wildman–Crippen LogP) is 12.9. The zero-order chi connectivity index (χ0) is 32.5. The minimum Gasteiger partial charge on any atom is -0.492 e. The highest BCUT2D eigenvalue weighted by Gasteiger charge is 2.37. The van der Waals surface area contributed by atoms with E-state index in [1.54, 1.807) is 34.8 Å². The summed E-state index contributed by atoms with van der Waals surface area (Å²) in [5, 5.41) is 4.04. The van der Waals surface area contributed by atoms with Crippen LogP contribution >= 0.6 is 54.5 Å². The lowest BCUT2D eigenvalue weighted by Gasteiger charge is -2.25. The van der Waals surface area contributed by atoms with E-state index in [-0.39, 0.29) is 11.6 Å². The van der Waals surface area contributed by atoms with Crippen molar-refractivity contribution in [3.8, 4) is 32.4 Å². The van der Waals surface area contributed by atoms with E-state index >= 15 is 0 Å². The highest BCUT2D eigenvalue weighted by atomic mass is 79.9. The molecule has 4 aromatic rings. The molecule has 0 fully saturated rings. The second kappa shape index (κ2) is 17.2. The van der Waals surface area contributed by atoms with Gasteiger partial charge in [0.1, 0.15) is 11.5 Å². The van der Waals surface area contributed by atoms with Gasteiger partial charge in [-0.05, 0) is 81.1 Å². The average Bonchev–Trinajstić information content (AvgIpc) is 3.69. The van der Waals surface area contributed by atoms with Crippen LogP contribution in [0, 0.1) is 0 Å². The number of ether oxygens (including phenoxy) is 2. The Labute approximate surface area is 298 Å². The Morgan fingerprint density at radius 3 is 1.28 bits per heavy atom. The normalized spacial score (nSPS) is 12.3. The standard InChI is InChI=1S/C38H42Br2O4S2/c1-3-5-7-9-11-13-19-43-37-27(31-21-25(39)23-45-31)15-17-29-33(37)35(41)30-18-16-28(32-22-26(40)24-46-32)38(34(30)36(29)42)44-20-14-12-10-8-6-4-2/h15-18,21-24H,3-14,19-20H2,1-2H3. The Morgan fingerprint density at radius 1 is 0.543 bits per heavy atom. The Bertz CT molecular complexity index is 1530. The van der Waals surface area contributed by atoms with Gasteiger partial charge in [-0.2, -0.15) is 0 Å². The summed E-state index contributed by atoms with van der Waals surface area (Å²) in [4.78, 5) is 30.9. The van der Waals surface area contributed by atoms with Crippen LogP contribution in [0.2, 0.25) is 0 Å². The molecule has 8 heteroatoms. The third-order valence-electron chi connectivity index (χ3n) is 8.41. The van der Waals surface area contributed by atoms with Gasteiger partial charge in [0.05, 0.1) is 24.3 Å². The van der Waals surface area contributed by atoms with Gasteiger partial charge in [-0.3, -0.25) is 9.59 Å². The van der Waals surface area contributed by atoms with E-state index in [4.69, 9.17) is 9.47 Å². The van der Waals surface area contributed by atoms with Crippen molar-refractivity contribution in [3.05, 3.63) is 78.4 Å². The minimum absolute atomic E-state index is 0.191. The van der Waals surface area contributed by atoms with Gasteiger partial charge in [-0.15, -0.1) is 22.7 Å². The van der Waals surface area contributed by atoms with Gasteiger partial charge in [-0.1, -0.05) is 78.1 Å². The van der Waals surface area contributed by atoms with Crippen LogP contribution < -0.4 is 9.47 Å². The molecule has 4 nitrogen and oxygen atoms in total. The summed E-state index contributed by atoms with van der Waals surface area (Å²) in [6.07, 6.45) is 13.7. The lowest BCUT2D eigenvalue weighted by Crippen LogP contribution is -2.24. The Balaban J connectivity index is 1.50. The van der Waals surface area contributed by atoms with Crippen molar-refractivity contribution < 1.29 is 19.1 Å². The fourth-order valence-corrected chi connectivity index (χ4v) is 8.88. The zero-order valence-electron chi connectivity index (χ0n) is 26.7. The summed E-state index contributed by atoms with van der Waals surface area (Å²) in [5.74, 6) is 0.627. The predicted molar refractivity (Wildman–Crippen MR) is 200 cm³/mol. The second-order valence-electron chi connectivity index (χ2n) is 11.9. The number of unbranched alkanes of at least 4 members (excludes halogenated alkanes) is 10. The molecule has 0 amide bonds. The number of benzene rings is 2. The minimum atomic E-state index is -0.191. The van der Waals surface area contributed by atoms with E-state index in [1.807, 2.05) is 35.0 Å². The second-order valence-corrected chi connectivity index (χ2v) is 15.5. The first kappa shape index (κ1) is 35.1. The highest BCUT2D eigenvalue weighted by molar-refractivity contribution is 9.10. The molecular formula is C38H42Br2O4S2. The molecule has 2 aromatic heterocycles. The van der Waals surface area contributed by atoms with Crippen molar-refractivity contribution in [1.82, 2.24) is 0 Å². The van der Waals surface area contributed by atoms with Crippen LogP contribution in [0.3, 0.4) is 0 Å². The topological polar surface area (TPSA) is 52.6 Å². The smallest absolute Gasteiger partial charge is 0.198 e. The molecule has 0 radical (unpaired) electrons. The number of halogens is 2. The molecule has 0 bridgehead atoms. The molecule has 5 rings (SSSR count). The van der Waals surface area contributed by atoms with Crippen LogP contribution in [0.25, 0.3) is 20.9 Å². The number of carbonyl (C=O) groups excluding carboxylic acids is 2. The van der Waals surface area contributed by atoms with Crippen molar-refractivity contribution in [1.29, 1.82) is 0 Å². The molecule has 0 N–H and O–H groups in total. The Kier molecular flexibility index (Phi) is 13.1. The average molecular weight is 787 g/mol. The van der Waals surface area contributed by atoms with E-state index in [9.17, 15) is 9.59 Å². The molecule has 244 valence electrons. The molecule has 1 aliphatic rings. The summed E-state index contributed by atoms with van der Waals surface area (Å²) in [6.45, 7) is 5.43. The monoisotopic (exact) mass is 784 g/mol. The summed E-state index contributed by atoms with van der Waals surface area (Å²) in [5.41, 5.74) is 3.15. The fraction of sp³-hybridized carbons (Fsp3) is 0.421. The third kappa shape index (κ3) is 8.23. The van der Waals surface area contributed by atoms with Gasteiger partial charge in [0.15, 0.2) is 11.6 Å². The van der Waals surface area contributed by atoms with Gasteiger partial charge in [0.25, 0.3) is 0 Å². The number of carbonyl (C=O) groups is 2. The fourth-order valence-electron chi connectivity index (χ4n) is 5.97. The number of thiophene rings is 2. The van der Waals surface area contributed by atoms with Crippen LogP contribution in [0.4, 0.5) is 0 Å². The first-order chi connectivity index (χ1) is 22.4. The van der Waals surface area contributed by atoms with E-state index in [2.05, 4.69) is 45.7 Å². The number of rotatable bonds is 18. The molecule has 2 aromatic carbocycles. The molecule has 2 heterocycles. The lowest BCUT2D eigenvalue weighted by molar-refractivity contribution is 0.0972. The molecule has 1 aliphatic carbocycles. The largest absolute Gasteiger partial charge is 0.492 e. The maximum Gasteiger partial charge on any atom is 0.198 e. The van der Waals surface area contributed by atoms with E-state index in [1.165, 1.54) is 51.4 Å². The maximum absolute atomic E-state index is 14.5. The van der Waals surface area contributed by atoms with Crippen molar-refractivity contribution in [2.24, 2.45) is 0 Å². The molecule has 0 aliphatic heterocycles. The summed E-state index contributed by atoms with van der Waals surface area (Å²) in [6, 6.07) is 11.5. The van der Waals surface area contributed by atoms with Crippen LogP contribution in [0.5, 0.6) is 11.5 Å². The highest BCUT2D eigenvalue weighted by Crippen LogP contribution is 2.47. The molecular weight excluding hydrogens is 744 g/mol. The van der Waals surface area contributed by atoms with E-state index in [0.717, 1.165) is 55.5 Å². The molecule has 0 unspecified atom stereocenters. The Morgan fingerprint density at radius 2 is 0.913 bits per heavy atom. The SMILES string of the molecule is CCCCCCCCOc1c(-c2cc(Br)cs2)ccc2c1C(=O)c1ccc(-c3cc(Br)cs3)c(OCCCCCCCC)c1C2=O. The van der Waals surface area contributed by atoms with Gasteiger partial charge >= 0.3 is 0 Å².